The van der Waals surface area contributed by atoms with E-state index in [0.717, 1.165) is 42.7 Å². The Labute approximate surface area is 153 Å². The van der Waals surface area contributed by atoms with E-state index in [4.69, 9.17) is 10.5 Å². The Balaban J connectivity index is 1.44. The number of nitrogens with two attached hydrogens (primary N) is 1. The van der Waals surface area contributed by atoms with Crippen molar-refractivity contribution < 1.29 is 9.53 Å². The summed E-state index contributed by atoms with van der Waals surface area (Å²) in [7, 11) is 0. The van der Waals surface area contributed by atoms with Gasteiger partial charge in [0.2, 0.25) is 5.91 Å². The molecule has 1 aromatic carbocycles. The van der Waals surface area contributed by atoms with E-state index in [-0.39, 0.29) is 11.8 Å². The summed E-state index contributed by atoms with van der Waals surface area (Å²) in [5, 5.41) is 0.885. The highest BCUT2D eigenvalue weighted by molar-refractivity contribution is 5.87. The fourth-order valence-electron chi connectivity index (χ4n) is 3.86. The van der Waals surface area contributed by atoms with Crippen LogP contribution in [0.25, 0.3) is 10.9 Å². The molecule has 4 rings (SSSR count). The molecule has 0 aliphatic carbocycles. The highest BCUT2D eigenvalue weighted by atomic mass is 16.5. The largest absolute Gasteiger partial charge is 0.383 e. The Hall–Kier alpha value is -2.25. The van der Waals surface area contributed by atoms with Gasteiger partial charge in [-0.3, -0.25) is 9.69 Å². The van der Waals surface area contributed by atoms with E-state index in [2.05, 4.69) is 14.9 Å². The topological polar surface area (TPSA) is 84.6 Å². The number of rotatable bonds is 3. The first kappa shape index (κ1) is 17.2. The van der Waals surface area contributed by atoms with E-state index in [9.17, 15) is 4.79 Å². The SMILES string of the molecule is Nc1nc(CN2CCCC(C(=O)N3CCOCC3)C2)nc2ccccc12. The van der Waals surface area contributed by atoms with Gasteiger partial charge in [-0.2, -0.15) is 0 Å². The summed E-state index contributed by atoms with van der Waals surface area (Å²) < 4.78 is 5.35. The summed E-state index contributed by atoms with van der Waals surface area (Å²) in [4.78, 5) is 26.1. The van der Waals surface area contributed by atoms with Gasteiger partial charge >= 0.3 is 0 Å². The molecule has 2 fully saturated rings. The number of carbonyl (C=O) groups is 1. The van der Waals surface area contributed by atoms with Gasteiger partial charge in [0.15, 0.2) is 0 Å². The number of hydrogen-bond donors (Lipinski definition) is 1. The maximum Gasteiger partial charge on any atom is 0.227 e. The van der Waals surface area contributed by atoms with Gasteiger partial charge in [0.1, 0.15) is 11.6 Å². The van der Waals surface area contributed by atoms with Crippen molar-refractivity contribution in [3.63, 3.8) is 0 Å². The van der Waals surface area contributed by atoms with Crippen molar-refractivity contribution in [2.45, 2.75) is 19.4 Å². The number of para-hydroxylation sites is 1. The molecule has 2 aromatic rings. The number of morpholine rings is 1. The van der Waals surface area contributed by atoms with Crippen LogP contribution in [0.2, 0.25) is 0 Å². The summed E-state index contributed by atoms with van der Waals surface area (Å²) in [6.45, 7) is 5.05. The minimum Gasteiger partial charge on any atom is -0.383 e. The summed E-state index contributed by atoms with van der Waals surface area (Å²) >= 11 is 0. The smallest absolute Gasteiger partial charge is 0.227 e. The number of hydrogen-bond acceptors (Lipinski definition) is 6. The molecular weight excluding hydrogens is 330 g/mol. The molecule has 0 spiro atoms. The number of carbonyl (C=O) groups excluding carboxylic acids is 1. The minimum absolute atomic E-state index is 0.0552. The number of nitrogen functional groups attached to an aromatic ring is 1. The summed E-state index contributed by atoms with van der Waals surface area (Å²) in [5.41, 5.74) is 6.96. The molecule has 2 N–H and O–H groups in total. The lowest BCUT2D eigenvalue weighted by Crippen LogP contribution is -2.48. The molecule has 26 heavy (non-hydrogen) atoms. The van der Waals surface area contributed by atoms with Gasteiger partial charge in [0.25, 0.3) is 0 Å². The van der Waals surface area contributed by atoms with Crippen molar-refractivity contribution >= 4 is 22.6 Å². The highest BCUT2D eigenvalue weighted by Gasteiger charge is 2.30. The molecule has 0 radical (unpaired) electrons. The van der Waals surface area contributed by atoms with E-state index in [1.807, 2.05) is 29.2 Å². The van der Waals surface area contributed by atoms with Crippen molar-refractivity contribution in [1.29, 1.82) is 0 Å². The quantitative estimate of drug-likeness (QED) is 0.893. The zero-order valence-electron chi connectivity index (χ0n) is 14.9. The predicted octanol–water partition coefficient (Wildman–Crippen LogP) is 1.28. The van der Waals surface area contributed by atoms with E-state index in [1.54, 1.807) is 0 Å². The fourth-order valence-corrected chi connectivity index (χ4v) is 3.86. The Kier molecular flexibility index (Phi) is 4.99. The highest BCUT2D eigenvalue weighted by Crippen LogP contribution is 2.22. The van der Waals surface area contributed by atoms with Gasteiger partial charge in [-0.1, -0.05) is 12.1 Å². The van der Waals surface area contributed by atoms with Crippen LogP contribution in [0.15, 0.2) is 24.3 Å². The van der Waals surface area contributed by atoms with Gasteiger partial charge < -0.3 is 15.4 Å². The van der Waals surface area contributed by atoms with E-state index >= 15 is 0 Å². The number of nitrogens with zero attached hydrogens (tertiary/aromatic N) is 4. The molecule has 1 atom stereocenters. The first-order valence-corrected chi connectivity index (χ1v) is 9.31. The number of likely N-dealkylation sites (tertiary alicyclic amines) is 1. The maximum absolute atomic E-state index is 12.8. The molecule has 1 unspecified atom stereocenters. The number of aromatic nitrogens is 2. The molecule has 7 heteroatoms. The Bertz CT molecular complexity index is 791. The Morgan fingerprint density at radius 1 is 1.19 bits per heavy atom. The van der Waals surface area contributed by atoms with Gasteiger partial charge in [-0.15, -0.1) is 0 Å². The van der Waals surface area contributed by atoms with Crippen molar-refractivity contribution in [1.82, 2.24) is 19.8 Å². The normalized spacial score (nSPS) is 21.8. The number of anilines is 1. The molecule has 3 heterocycles. The summed E-state index contributed by atoms with van der Waals surface area (Å²) in [5.74, 6) is 1.56. The first-order valence-electron chi connectivity index (χ1n) is 9.31. The Morgan fingerprint density at radius 3 is 2.85 bits per heavy atom. The van der Waals surface area contributed by atoms with Crippen molar-refractivity contribution in [2.75, 3.05) is 45.1 Å². The lowest BCUT2D eigenvalue weighted by molar-refractivity contribution is -0.141. The van der Waals surface area contributed by atoms with Crippen molar-refractivity contribution in [3.8, 4) is 0 Å². The molecule has 138 valence electrons. The molecule has 2 aliphatic heterocycles. The molecule has 1 aromatic heterocycles. The second-order valence-electron chi connectivity index (χ2n) is 7.05. The lowest BCUT2D eigenvalue weighted by atomic mass is 9.96. The summed E-state index contributed by atoms with van der Waals surface area (Å²) in [6, 6.07) is 7.79. The predicted molar refractivity (Wildman–Crippen MR) is 99.4 cm³/mol. The average Bonchev–Trinajstić information content (AvgIpc) is 2.68. The summed E-state index contributed by atoms with van der Waals surface area (Å²) in [6.07, 6.45) is 1.97. The third kappa shape index (κ3) is 3.64. The van der Waals surface area contributed by atoms with Gasteiger partial charge in [0, 0.05) is 25.0 Å². The van der Waals surface area contributed by atoms with Gasteiger partial charge in [-0.25, -0.2) is 9.97 Å². The van der Waals surface area contributed by atoms with E-state index < -0.39 is 0 Å². The van der Waals surface area contributed by atoms with Crippen LogP contribution in [-0.2, 0) is 16.1 Å². The number of benzene rings is 1. The van der Waals surface area contributed by atoms with E-state index in [1.165, 1.54) is 0 Å². The van der Waals surface area contributed by atoms with Crippen LogP contribution in [0.1, 0.15) is 18.7 Å². The number of fused-ring (bicyclic) bond motifs is 1. The zero-order valence-corrected chi connectivity index (χ0v) is 14.9. The molecule has 2 saturated heterocycles. The van der Waals surface area contributed by atoms with Crippen LogP contribution in [0.5, 0.6) is 0 Å². The molecule has 2 aliphatic rings. The lowest BCUT2D eigenvalue weighted by Gasteiger charge is -2.36. The van der Waals surface area contributed by atoms with Crippen molar-refractivity contribution in [3.05, 3.63) is 30.1 Å². The fraction of sp³-hybridized carbons (Fsp3) is 0.526. The van der Waals surface area contributed by atoms with Gasteiger partial charge in [0.05, 0.1) is 31.2 Å². The third-order valence-corrected chi connectivity index (χ3v) is 5.22. The maximum atomic E-state index is 12.8. The second kappa shape index (κ2) is 7.55. The van der Waals surface area contributed by atoms with Crippen LogP contribution in [0, 0.1) is 5.92 Å². The number of piperidine rings is 1. The van der Waals surface area contributed by atoms with Crippen LogP contribution in [0.3, 0.4) is 0 Å². The standard InChI is InChI=1S/C19H25N5O2/c20-18-15-5-1-2-6-16(15)21-17(22-18)13-23-7-3-4-14(12-23)19(25)24-8-10-26-11-9-24/h1-2,5-6,14H,3-4,7-13H2,(H2,20,21,22). The zero-order chi connectivity index (χ0) is 17.9. The van der Waals surface area contributed by atoms with Crippen LogP contribution in [0.4, 0.5) is 5.82 Å². The van der Waals surface area contributed by atoms with Crippen LogP contribution < -0.4 is 5.73 Å². The number of ether oxygens (including phenoxy) is 1. The van der Waals surface area contributed by atoms with Crippen LogP contribution >= 0.6 is 0 Å². The molecule has 1 amide bonds. The minimum atomic E-state index is 0.0552. The first-order chi connectivity index (χ1) is 12.7. The van der Waals surface area contributed by atoms with Crippen molar-refractivity contribution in [2.24, 2.45) is 5.92 Å². The molecule has 0 bridgehead atoms. The second-order valence-corrected chi connectivity index (χ2v) is 7.05. The average molecular weight is 355 g/mol. The Morgan fingerprint density at radius 2 is 2.00 bits per heavy atom. The number of amides is 1. The monoisotopic (exact) mass is 355 g/mol. The third-order valence-electron chi connectivity index (χ3n) is 5.22. The molecule has 7 nitrogen and oxygen atoms in total. The molecular formula is C19H25N5O2. The molecule has 0 saturated carbocycles. The van der Waals surface area contributed by atoms with Crippen LogP contribution in [-0.4, -0.2) is 65.1 Å². The van der Waals surface area contributed by atoms with Gasteiger partial charge in [-0.05, 0) is 31.5 Å². The van der Waals surface area contributed by atoms with E-state index in [0.29, 0.717) is 38.7 Å².